The second-order valence-corrected chi connectivity index (χ2v) is 8.87. The van der Waals surface area contributed by atoms with Crippen molar-refractivity contribution in [1.29, 1.82) is 0 Å². The molecule has 2 bridgehead atoms. The van der Waals surface area contributed by atoms with Gasteiger partial charge in [-0.05, 0) is 51.4 Å². The van der Waals surface area contributed by atoms with Crippen molar-refractivity contribution in [2.24, 2.45) is 17.6 Å². The summed E-state index contributed by atoms with van der Waals surface area (Å²) in [5, 5.41) is 9.30. The third kappa shape index (κ3) is 5.86. The zero-order valence-electron chi connectivity index (χ0n) is 15.8. The summed E-state index contributed by atoms with van der Waals surface area (Å²) in [5.41, 5.74) is 6.14. The normalized spacial score (nSPS) is 28.0. The summed E-state index contributed by atoms with van der Waals surface area (Å²) in [7, 11) is 0. The first kappa shape index (κ1) is 22.0. The topological polar surface area (TPSA) is 110 Å². The lowest BCUT2D eigenvalue weighted by Gasteiger charge is -2.45. The Morgan fingerprint density at radius 3 is 2.63 bits per heavy atom. The molecular weight excluding hydrogens is 388 g/mol. The highest BCUT2D eigenvalue weighted by Gasteiger charge is 2.39. The fourth-order valence-electron chi connectivity index (χ4n) is 4.18. The van der Waals surface area contributed by atoms with Gasteiger partial charge in [0.2, 0.25) is 11.8 Å². The van der Waals surface area contributed by atoms with Gasteiger partial charge in [0.15, 0.2) is 5.82 Å². The Morgan fingerprint density at radius 2 is 2.04 bits per heavy atom. The highest BCUT2D eigenvalue weighted by molar-refractivity contribution is 8.01. The minimum atomic E-state index is -0.350. The minimum absolute atomic E-state index is 0. The van der Waals surface area contributed by atoms with Crippen LogP contribution in [-0.4, -0.2) is 40.1 Å². The van der Waals surface area contributed by atoms with E-state index in [0.717, 1.165) is 25.7 Å². The molecule has 0 saturated heterocycles. The Morgan fingerprint density at radius 1 is 1.37 bits per heavy atom. The number of carbonyl (C=O) groups is 2. The van der Waals surface area contributed by atoms with Gasteiger partial charge in [0.05, 0.1) is 11.0 Å². The van der Waals surface area contributed by atoms with Crippen LogP contribution in [0.25, 0.3) is 0 Å². The second-order valence-electron chi connectivity index (χ2n) is 7.54. The van der Waals surface area contributed by atoms with E-state index in [2.05, 4.69) is 15.8 Å². The number of nitrogens with one attached hydrogen (secondary N) is 2. The third-order valence-electron chi connectivity index (χ3n) is 5.42. The minimum Gasteiger partial charge on any atom is -0.360 e. The number of nitrogens with two attached hydrogens (primary N) is 1. The number of carbonyl (C=O) groups excluding carboxylic acids is 2. The van der Waals surface area contributed by atoms with Crippen molar-refractivity contribution in [3.8, 4) is 0 Å². The number of fused-ring (bicyclic) bond motifs is 2. The fraction of sp³-hybridized carbons (Fsp3) is 0.722. The highest BCUT2D eigenvalue weighted by atomic mass is 35.5. The predicted molar refractivity (Wildman–Crippen MR) is 109 cm³/mol. The van der Waals surface area contributed by atoms with Crippen LogP contribution < -0.4 is 16.4 Å². The number of aryl methyl sites for hydroxylation is 1. The molecule has 7 nitrogen and oxygen atoms in total. The molecule has 152 valence electrons. The maximum Gasteiger partial charge on any atom is 0.238 e. The number of nitrogens with zero attached hydrogens (tertiary/aromatic N) is 1. The summed E-state index contributed by atoms with van der Waals surface area (Å²) < 4.78 is 4.93. The van der Waals surface area contributed by atoms with Crippen LogP contribution in [0.3, 0.4) is 0 Å². The molecule has 1 aromatic rings. The van der Waals surface area contributed by atoms with E-state index >= 15 is 0 Å². The van der Waals surface area contributed by atoms with E-state index in [4.69, 9.17) is 10.3 Å². The van der Waals surface area contributed by atoms with E-state index in [1.165, 1.54) is 18.2 Å². The van der Waals surface area contributed by atoms with E-state index in [0.29, 0.717) is 23.4 Å². The molecule has 2 aliphatic rings. The van der Waals surface area contributed by atoms with Crippen molar-refractivity contribution in [2.75, 3.05) is 11.1 Å². The molecule has 0 aliphatic heterocycles. The monoisotopic (exact) mass is 416 g/mol. The average molecular weight is 417 g/mol. The zero-order valence-corrected chi connectivity index (χ0v) is 17.4. The van der Waals surface area contributed by atoms with Gasteiger partial charge in [-0.25, -0.2) is 0 Å². The summed E-state index contributed by atoms with van der Waals surface area (Å²) in [6.07, 6.45) is 5.55. The summed E-state index contributed by atoms with van der Waals surface area (Å²) in [4.78, 5) is 24.6. The molecule has 3 unspecified atom stereocenters. The van der Waals surface area contributed by atoms with Gasteiger partial charge in [0.1, 0.15) is 5.76 Å². The molecule has 1 aromatic heterocycles. The van der Waals surface area contributed by atoms with Gasteiger partial charge in [-0.2, -0.15) is 0 Å². The molecule has 2 saturated carbocycles. The SMILES string of the molecule is Cc1cc(NC(=O)C(C)SCC(=O)NC2C3CCCC2CC(N)C3)no1.Cl. The standard InChI is InChI=1S/C18H28N4O3S.ClH/c1-10-6-15(22-25-10)20-18(24)11(2)26-9-16(23)21-17-12-4-3-5-13(17)8-14(19)7-12;/h6,11-14,17H,3-5,7-9,19H2,1-2H3,(H,21,23)(H,20,22,24);1H. The molecular formula is C18H29ClN4O3S. The number of amides is 2. The maximum absolute atomic E-state index is 12.4. The van der Waals surface area contributed by atoms with Crippen LogP contribution in [-0.2, 0) is 9.59 Å². The molecule has 3 atom stereocenters. The molecule has 0 radical (unpaired) electrons. The van der Waals surface area contributed by atoms with E-state index in [1.54, 1.807) is 19.9 Å². The van der Waals surface area contributed by atoms with E-state index in [-0.39, 0.29) is 47.3 Å². The fourth-order valence-corrected chi connectivity index (χ4v) is 4.88. The number of anilines is 1. The lowest BCUT2D eigenvalue weighted by Crippen LogP contribution is -2.54. The third-order valence-corrected chi connectivity index (χ3v) is 6.56. The molecule has 2 aliphatic carbocycles. The molecule has 0 aromatic carbocycles. The van der Waals surface area contributed by atoms with Crippen LogP contribution in [0.4, 0.5) is 5.82 Å². The first-order chi connectivity index (χ1) is 12.4. The van der Waals surface area contributed by atoms with E-state index < -0.39 is 0 Å². The largest absolute Gasteiger partial charge is 0.360 e. The van der Waals surface area contributed by atoms with E-state index in [1.807, 2.05) is 0 Å². The van der Waals surface area contributed by atoms with Crippen molar-refractivity contribution in [2.45, 2.75) is 63.3 Å². The van der Waals surface area contributed by atoms with Gasteiger partial charge < -0.3 is 20.9 Å². The number of hydrogen-bond donors (Lipinski definition) is 3. The molecule has 27 heavy (non-hydrogen) atoms. The Labute approximate surface area is 170 Å². The summed E-state index contributed by atoms with van der Waals surface area (Å²) in [5.74, 6) is 2.13. The summed E-state index contributed by atoms with van der Waals surface area (Å²) in [6, 6.07) is 2.18. The Balaban J connectivity index is 0.00000261. The Bertz CT molecular complexity index is 642. The van der Waals surface area contributed by atoms with Crippen LogP contribution >= 0.6 is 24.2 Å². The number of aromatic nitrogens is 1. The highest BCUT2D eigenvalue weighted by Crippen LogP contribution is 2.39. The van der Waals surface area contributed by atoms with Crippen molar-refractivity contribution < 1.29 is 14.1 Å². The first-order valence-corrected chi connectivity index (χ1v) is 10.4. The van der Waals surface area contributed by atoms with Gasteiger partial charge in [0.25, 0.3) is 0 Å². The summed E-state index contributed by atoms with van der Waals surface area (Å²) in [6.45, 7) is 3.55. The van der Waals surface area contributed by atoms with Gasteiger partial charge in [-0.1, -0.05) is 11.6 Å². The maximum atomic E-state index is 12.4. The Kier molecular flexibility index (Phi) is 8.00. The van der Waals surface area contributed by atoms with Gasteiger partial charge in [-0.3, -0.25) is 9.59 Å². The molecule has 2 fully saturated rings. The number of rotatable bonds is 6. The van der Waals surface area contributed by atoms with Gasteiger partial charge >= 0.3 is 0 Å². The van der Waals surface area contributed by atoms with Crippen molar-refractivity contribution in [3.05, 3.63) is 11.8 Å². The Hall–Kier alpha value is -1.25. The molecule has 3 rings (SSSR count). The number of halogens is 1. The van der Waals surface area contributed by atoms with Crippen molar-refractivity contribution in [1.82, 2.24) is 10.5 Å². The molecule has 9 heteroatoms. The van der Waals surface area contributed by atoms with Crippen LogP contribution in [0.2, 0.25) is 0 Å². The van der Waals surface area contributed by atoms with Gasteiger partial charge in [0, 0.05) is 18.2 Å². The number of hydrogen-bond acceptors (Lipinski definition) is 6. The van der Waals surface area contributed by atoms with Crippen LogP contribution in [0.1, 0.15) is 44.8 Å². The predicted octanol–water partition coefficient (Wildman–Crippen LogP) is 2.49. The van der Waals surface area contributed by atoms with Crippen molar-refractivity contribution in [3.63, 3.8) is 0 Å². The van der Waals surface area contributed by atoms with Crippen LogP contribution in [0, 0.1) is 18.8 Å². The molecule has 4 N–H and O–H groups in total. The second kappa shape index (κ2) is 9.80. The zero-order chi connectivity index (χ0) is 18.7. The lowest BCUT2D eigenvalue weighted by molar-refractivity contribution is -0.120. The van der Waals surface area contributed by atoms with Crippen LogP contribution in [0.15, 0.2) is 10.6 Å². The number of thioether (sulfide) groups is 1. The quantitative estimate of drug-likeness (QED) is 0.657. The van der Waals surface area contributed by atoms with Crippen LogP contribution in [0.5, 0.6) is 0 Å². The lowest BCUT2D eigenvalue weighted by atomic mass is 9.67. The first-order valence-electron chi connectivity index (χ1n) is 9.33. The molecule has 2 amide bonds. The average Bonchev–Trinajstić information content (AvgIpc) is 2.98. The van der Waals surface area contributed by atoms with Gasteiger partial charge in [-0.15, -0.1) is 24.2 Å². The molecule has 1 heterocycles. The van der Waals surface area contributed by atoms with E-state index in [9.17, 15) is 9.59 Å². The summed E-state index contributed by atoms with van der Waals surface area (Å²) >= 11 is 1.33. The molecule has 0 spiro atoms. The smallest absolute Gasteiger partial charge is 0.238 e. The van der Waals surface area contributed by atoms with Crippen molar-refractivity contribution >= 4 is 41.8 Å².